The van der Waals surface area contributed by atoms with E-state index in [1.165, 1.54) is 23.2 Å². The van der Waals surface area contributed by atoms with E-state index in [1.807, 2.05) is 0 Å². The topological polar surface area (TPSA) is 90.7 Å². The van der Waals surface area contributed by atoms with Crippen molar-refractivity contribution in [2.75, 3.05) is 14.1 Å². The van der Waals surface area contributed by atoms with Gasteiger partial charge in [-0.15, -0.1) is 0 Å². The summed E-state index contributed by atoms with van der Waals surface area (Å²) in [6.07, 6.45) is 0.814. The molecule has 2 N–H and O–H groups in total. The van der Waals surface area contributed by atoms with E-state index in [0.29, 0.717) is 11.3 Å². The lowest BCUT2D eigenvalue weighted by molar-refractivity contribution is 0.0696. The second-order valence-electron chi connectivity index (χ2n) is 5.36. The number of carboxylic acid groups (broad SMARTS) is 1. The molecule has 1 amide bonds. The van der Waals surface area contributed by atoms with Crippen LogP contribution >= 0.6 is 0 Å². The van der Waals surface area contributed by atoms with Gasteiger partial charge in [-0.3, -0.25) is 9.78 Å². The first-order valence-electron chi connectivity index (χ1n) is 7.07. The summed E-state index contributed by atoms with van der Waals surface area (Å²) in [6.45, 7) is 0. The fraction of sp³-hybridized carbons (Fsp3) is 0.235. The fourth-order valence-corrected chi connectivity index (χ4v) is 2.21. The van der Waals surface area contributed by atoms with Gasteiger partial charge in [0.05, 0.1) is 16.8 Å². The summed E-state index contributed by atoms with van der Waals surface area (Å²) in [7, 11) is 3.27. The highest BCUT2D eigenvalue weighted by molar-refractivity contribution is 5.95. The molecule has 1 heterocycles. The van der Waals surface area contributed by atoms with Crippen LogP contribution in [0.4, 0.5) is 0 Å². The van der Waals surface area contributed by atoms with Crippen molar-refractivity contribution in [1.29, 1.82) is 0 Å². The predicted octanol–water partition coefficient (Wildman–Crippen LogP) is 1.76. The number of pyridine rings is 1. The molecule has 0 aliphatic rings. The first-order chi connectivity index (χ1) is 10.9. The minimum absolute atomic E-state index is 0.185. The van der Waals surface area contributed by atoms with E-state index >= 15 is 0 Å². The van der Waals surface area contributed by atoms with Crippen molar-refractivity contribution in [3.8, 4) is 0 Å². The number of carboxylic acids is 1. The van der Waals surface area contributed by atoms with E-state index in [0.717, 1.165) is 5.56 Å². The molecule has 1 aromatic heterocycles. The number of aliphatic hydroxyl groups is 1. The molecule has 6 nitrogen and oxygen atoms in total. The molecule has 0 bridgehead atoms. The molecule has 120 valence electrons. The number of aromatic carboxylic acids is 1. The van der Waals surface area contributed by atoms with Gasteiger partial charge in [0.25, 0.3) is 5.91 Å². The molecule has 0 aliphatic carbocycles. The molecular weight excluding hydrogens is 296 g/mol. The Balaban J connectivity index is 2.22. The molecule has 23 heavy (non-hydrogen) atoms. The van der Waals surface area contributed by atoms with Crippen LogP contribution in [0.3, 0.4) is 0 Å². The Morgan fingerprint density at radius 2 is 1.83 bits per heavy atom. The SMILES string of the molecule is CN(C)C(=O)c1cccnc1C(O)Cc1ccc(C(=O)O)cc1. The standard InChI is InChI=1S/C17H18N2O4/c1-19(2)16(21)13-4-3-9-18-15(13)14(20)10-11-5-7-12(8-6-11)17(22)23/h3-9,14,20H,10H2,1-2H3,(H,22,23). The lowest BCUT2D eigenvalue weighted by Gasteiger charge is -2.17. The maximum atomic E-state index is 12.2. The number of hydrogen-bond donors (Lipinski definition) is 2. The van der Waals surface area contributed by atoms with Gasteiger partial charge in [0.15, 0.2) is 0 Å². The predicted molar refractivity (Wildman–Crippen MR) is 84.3 cm³/mol. The average Bonchev–Trinajstić information content (AvgIpc) is 2.54. The summed E-state index contributed by atoms with van der Waals surface area (Å²) in [4.78, 5) is 28.5. The van der Waals surface area contributed by atoms with Crippen molar-refractivity contribution in [1.82, 2.24) is 9.88 Å². The summed E-state index contributed by atoms with van der Waals surface area (Å²) in [5, 5.41) is 19.3. The van der Waals surface area contributed by atoms with Gasteiger partial charge in [-0.2, -0.15) is 0 Å². The number of aromatic nitrogens is 1. The summed E-state index contributed by atoms with van der Waals surface area (Å²) < 4.78 is 0. The first kappa shape index (κ1) is 16.6. The normalized spacial score (nSPS) is 11.8. The number of hydrogen-bond acceptors (Lipinski definition) is 4. The molecule has 0 spiro atoms. The van der Waals surface area contributed by atoms with Crippen LogP contribution in [0.25, 0.3) is 0 Å². The molecule has 2 aromatic rings. The Morgan fingerprint density at radius 3 is 2.39 bits per heavy atom. The summed E-state index contributed by atoms with van der Waals surface area (Å²) in [6, 6.07) is 9.52. The van der Waals surface area contributed by atoms with E-state index in [2.05, 4.69) is 4.98 Å². The van der Waals surface area contributed by atoms with Crippen molar-refractivity contribution >= 4 is 11.9 Å². The van der Waals surface area contributed by atoms with Crippen LogP contribution < -0.4 is 0 Å². The quantitative estimate of drug-likeness (QED) is 0.877. The van der Waals surface area contributed by atoms with E-state index < -0.39 is 12.1 Å². The van der Waals surface area contributed by atoms with Gasteiger partial charge in [0.2, 0.25) is 0 Å². The van der Waals surface area contributed by atoms with Crippen LogP contribution in [0.5, 0.6) is 0 Å². The van der Waals surface area contributed by atoms with Crippen molar-refractivity contribution in [2.45, 2.75) is 12.5 Å². The zero-order valence-electron chi connectivity index (χ0n) is 12.9. The average molecular weight is 314 g/mol. The maximum Gasteiger partial charge on any atom is 0.335 e. The number of rotatable bonds is 5. The Morgan fingerprint density at radius 1 is 1.17 bits per heavy atom. The van der Waals surface area contributed by atoms with Gasteiger partial charge in [-0.05, 0) is 29.8 Å². The first-order valence-corrected chi connectivity index (χ1v) is 7.07. The maximum absolute atomic E-state index is 12.2. The number of amides is 1. The zero-order chi connectivity index (χ0) is 17.0. The fourth-order valence-electron chi connectivity index (χ4n) is 2.21. The Kier molecular flexibility index (Phi) is 5.08. The van der Waals surface area contributed by atoms with Gasteiger partial charge in [0, 0.05) is 26.7 Å². The van der Waals surface area contributed by atoms with Gasteiger partial charge in [0.1, 0.15) is 6.10 Å². The third kappa shape index (κ3) is 3.92. The molecular formula is C17H18N2O4. The Labute approximate surface area is 134 Å². The van der Waals surface area contributed by atoms with E-state index in [1.54, 1.807) is 38.4 Å². The molecule has 0 saturated carbocycles. The number of nitrogens with zero attached hydrogens (tertiary/aromatic N) is 2. The third-order valence-electron chi connectivity index (χ3n) is 3.42. The monoisotopic (exact) mass is 314 g/mol. The van der Waals surface area contributed by atoms with Crippen LogP contribution in [0, 0.1) is 0 Å². The molecule has 6 heteroatoms. The van der Waals surface area contributed by atoms with Crippen molar-refractivity contribution in [3.63, 3.8) is 0 Å². The lowest BCUT2D eigenvalue weighted by Crippen LogP contribution is -2.24. The largest absolute Gasteiger partial charge is 0.478 e. The second-order valence-corrected chi connectivity index (χ2v) is 5.36. The minimum atomic E-state index is -0.999. The van der Waals surface area contributed by atoms with Crippen LogP contribution in [0.15, 0.2) is 42.6 Å². The molecule has 0 aliphatic heterocycles. The highest BCUT2D eigenvalue weighted by Gasteiger charge is 2.20. The summed E-state index contributed by atoms with van der Waals surface area (Å²) >= 11 is 0. The number of aliphatic hydroxyl groups excluding tert-OH is 1. The summed E-state index contributed by atoms with van der Waals surface area (Å²) in [5.74, 6) is -1.23. The van der Waals surface area contributed by atoms with E-state index in [9.17, 15) is 14.7 Å². The van der Waals surface area contributed by atoms with E-state index in [4.69, 9.17) is 5.11 Å². The van der Waals surface area contributed by atoms with Crippen molar-refractivity contribution in [2.24, 2.45) is 0 Å². The number of carbonyl (C=O) groups excluding carboxylic acids is 1. The lowest BCUT2D eigenvalue weighted by atomic mass is 10.0. The number of carbonyl (C=O) groups is 2. The van der Waals surface area contributed by atoms with Gasteiger partial charge in [-0.1, -0.05) is 12.1 Å². The smallest absolute Gasteiger partial charge is 0.335 e. The third-order valence-corrected chi connectivity index (χ3v) is 3.42. The zero-order valence-corrected chi connectivity index (χ0v) is 12.9. The highest BCUT2D eigenvalue weighted by Crippen LogP contribution is 2.21. The van der Waals surface area contributed by atoms with Crippen molar-refractivity contribution in [3.05, 3.63) is 65.0 Å². The van der Waals surface area contributed by atoms with Gasteiger partial charge < -0.3 is 15.1 Å². The van der Waals surface area contributed by atoms with Crippen molar-refractivity contribution < 1.29 is 19.8 Å². The van der Waals surface area contributed by atoms with Crippen LogP contribution in [-0.4, -0.2) is 46.1 Å². The van der Waals surface area contributed by atoms with Crippen LogP contribution in [0.2, 0.25) is 0 Å². The minimum Gasteiger partial charge on any atom is -0.478 e. The summed E-state index contributed by atoms with van der Waals surface area (Å²) in [5.41, 5.74) is 1.61. The molecule has 2 rings (SSSR count). The van der Waals surface area contributed by atoms with Gasteiger partial charge >= 0.3 is 5.97 Å². The highest BCUT2D eigenvalue weighted by atomic mass is 16.4. The van der Waals surface area contributed by atoms with Gasteiger partial charge in [-0.25, -0.2) is 4.79 Å². The molecule has 0 fully saturated rings. The van der Waals surface area contributed by atoms with Crippen LogP contribution in [-0.2, 0) is 6.42 Å². The molecule has 1 atom stereocenters. The molecule has 0 saturated heterocycles. The number of benzene rings is 1. The second kappa shape index (κ2) is 7.02. The molecule has 1 aromatic carbocycles. The molecule has 0 radical (unpaired) electrons. The Bertz CT molecular complexity index is 711. The Hall–Kier alpha value is -2.73. The van der Waals surface area contributed by atoms with Crippen LogP contribution in [0.1, 0.15) is 38.1 Å². The van der Waals surface area contributed by atoms with E-state index in [-0.39, 0.29) is 17.9 Å². The molecule has 1 unspecified atom stereocenters.